The van der Waals surface area contributed by atoms with E-state index in [0.29, 0.717) is 16.7 Å². The minimum atomic E-state index is -1.21. The highest BCUT2D eigenvalue weighted by atomic mass is 16.5. The molecule has 0 saturated heterocycles. The van der Waals surface area contributed by atoms with Gasteiger partial charge in [0.15, 0.2) is 17.7 Å². The first kappa shape index (κ1) is 21.2. The largest absolute Gasteiger partial charge is 0.445 e. The summed E-state index contributed by atoms with van der Waals surface area (Å²) < 4.78 is 5.72. The second kappa shape index (κ2) is 8.71. The number of ether oxygens (including phenoxy) is 1. The molecule has 0 N–H and O–H groups in total. The van der Waals surface area contributed by atoms with Crippen molar-refractivity contribution in [2.45, 2.75) is 6.10 Å². The SMILES string of the molecule is O=C(O[C@@H](C(=O)c1ccccc1)c1ccccc1)c1cccc2c1C(=O)c1ccccc1C2=O. The highest BCUT2D eigenvalue weighted by molar-refractivity contribution is 6.30. The van der Waals surface area contributed by atoms with Crippen LogP contribution < -0.4 is 0 Å². The van der Waals surface area contributed by atoms with Crippen LogP contribution in [-0.2, 0) is 4.74 Å². The molecule has 5 rings (SSSR count). The van der Waals surface area contributed by atoms with Crippen LogP contribution in [0.15, 0.2) is 103 Å². The molecule has 0 unspecified atom stereocenters. The Morgan fingerprint density at radius 1 is 0.588 bits per heavy atom. The molecule has 0 saturated carbocycles. The van der Waals surface area contributed by atoms with E-state index < -0.39 is 23.6 Å². The molecule has 4 aromatic rings. The molecule has 4 aromatic carbocycles. The van der Waals surface area contributed by atoms with E-state index in [1.54, 1.807) is 84.9 Å². The summed E-state index contributed by atoms with van der Waals surface area (Å²) in [5.41, 5.74) is 1.51. The summed E-state index contributed by atoms with van der Waals surface area (Å²) in [6, 6.07) is 28.2. The second-order valence-corrected chi connectivity index (χ2v) is 7.86. The van der Waals surface area contributed by atoms with Crippen molar-refractivity contribution in [2.75, 3.05) is 0 Å². The molecule has 5 heteroatoms. The molecule has 164 valence electrons. The minimum absolute atomic E-state index is 0.00447. The van der Waals surface area contributed by atoms with Crippen LogP contribution in [0.2, 0.25) is 0 Å². The van der Waals surface area contributed by atoms with E-state index >= 15 is 0 Å². The maximum Gasteiger partial charge on any atom is 0.339 e. The Morgan fingerprint density at radius 3 is 1.82 bits per heavy atom. The number of carbonyl (C=O) groups excluding carboxylic acids is 4. The molecule has 1 aliphatic carbocycles. The lowest BCUT2D eigenvalue weighted by Crippen LogP contribution is -2.26. The highest BCUT2D eigenvalue weighted by Crippen LogP contribution is 2.31. The van der Waals surface area contributed by atoms with Gasteiger partial charge >= 0.3 is 5.97 Å². The van der Waals surface area contributed by atoms with Gasteiger partial charge in [-0.25, -0.2) is 4.79 Å². The van der Waals surface area contributed by atoms with Crippen molar-refractivity contribution in [3.8, 4) is 0 Å². The zero-order valence-corrected chi connectivity index (χ0v) is 17.9. The molecule has 1 atom stereocenters. The maximum absolute atomic E-state index is 13.4. The van der Waals surface area contributed by atoms with Crippen molar-refractivity contribution in [2.24, 2.45) is 0 Å². The molecular weight excluding hydrogens is 428 g/mol. The average Bonchev–Trinajstić information content (AvgIpc) is 2.90. The number of Topliss-reactive ketones (excluding diaryl/α,β-unsaturated/α-hetero) is 1. The predicted octanol–water partition coefficient (Wildman–Crippen LogP) is 5.24. The topological polar surface area (TPSA) is 77.5 Å². The zero-order chi connectivity index (χ0) is 23.7. The van der Waals surface area contributed by atoms with Crippen LogP contribution in [0, 0.1) is 0 Å². The molecule has 0 radical (unpaired) electrons. The van der Waals surface area contributed by atoms with Crippen LogP contribution in [-0.4, -0.2) is 23.3 Å². The standard InChI is InChI=1S/C29H18O5/c30-25(18-10-3-1-4-11-18)28(19-12-5-2-6-13-19)34-29(33)23-17-9-16-22-24(23)27(32)21-15-8-7-14-20(21)26(22)31/h1-17,28H/t28-/m1/s1. The number of ketones is 3. The molecule has 0 amide bonds. The number of rotatable bonds is 5. The van der Waals surface area contributed by atoms with E-state index in [2.05, 4.69) is 0 Å². The zero-order valence-electron chi connectivity index (χ0n) is 17.9. The summed E-state index contributed by atoms with van der Waals surface area (Å²) in [7, 11) is 0. The molecule has 0 aliphatic heterocycles. The van der Waals surface area contributed by atoms with Crippen LogP contribution in [0.5, 0.6) is 0 Å². The Bertz CT molecular complexity index is 1440. The van der Waals surface area contributed by atoms with Crippen molar-refractivity contribution in [1.82, 2.24) is 0 Å². The van der Waals surface area contributed by atoms with Crippen molar-refractivity contribution in [3.05, 3.63) is 142 Å². The normalized spacial score (nSPS) is 12.9. The molecule has 34 heavy (non-hydrogen) atoms. The number of esters is 1. The monoisotopic (exact) mass is 446 g/mol. The molecule has 0 heterocycles. The van der Waals surface area contributed by atoms with Gasteiger partial charge in [0, 0.05) is 33.4 Å². The Balaban J connectivity index is 1.55. The predicted molar refractivity (Wildman–Crippen MR) is 125 cm³/mol. The smallest absolute Gasteiger partial charge is 0.339 e. The molecule has 5 nitrogen and oxygen atoms in total. The molecule has 0 fully saturated rings. The summed E-state index contributed by atoms with van der Waals surface area (Å²) in [5, 5.41) is 0. The summed E-state index contributed by atoms with van der Waals surface area (Å²) in [6.45, 7) is 0. The highest BCUT2D eigenvalue weighted by Gasteiger charge is 2.35. The van der Waals surface area contributed by atoms with Gasteiger partial charge in [-0.15, -0.1) is 0 Å². The Hall–Kier alpha value is -4.64. The van der Waals surface area contributed by atoms with Crippen molar-refractivity contribution in [1.29, 1.82) is 0 Å². The summed E-state index contributed by atoms with van der Waals surface area (Å²) in [5.74, 6) is -2.00. The third-order valence-electron chi connectivity index (χ3n) is 5.80. The molecule has 0 spiro atoms. The summed E-state index contributed by atoms with van der Waals surface area (Å²) >= 11 is 0. The Morgan fingerprint density at radius 2 is 1.15 bits per heavy atom. The van der Waals surface area contributed by atoms with Crippen LogP contribution in [0.25, 0.3) is 0 Å². The average molecular weight is 446 g/mol. The summed E-state index contributed by atoms with van der Waals surface area (Å²) in [6.07, 6.45) is -1.21. The first-order chi connectivity index (χ1) is 16.6. The lowest BCUT2D eigenvalue weighted by atomic mass is 9.82. The first-order valence-electron chi connectivity index (χ1n) is 10.7. The van der Waals surface area contributed by atoms with Crippen LogP contribution >= 0.6 is 0 Å². The van der Waals surface area contributed by atoms with E-state index in [0.717, 1.165) is 0 Å². The third kappa shape index (κ3) is 3.63. The van der Waals surface area contributed by atoms with Crippen LogP contribution in [0.4, 0.5) is 0 Å². The lowest BCUT2D eigenvalue weighted by molar-refractivity contribution is 0.0278. The Kier molecular flexibility index (Phi) is 5.44. The van der Waals surface area contributed by atoms with Crippen LogP contribution in [0.1, 0.15) is 64.2 Å². The van der Waals surface area contributed by atoms with Gasteiger partial charge in [0.05, 0.1) is 5.56 Å². The lowest BCUT2D eigenvalue weighted by Gasteiger charge is -2.21. The number of fused-ring (bicyclic) bond motifs is 2. The van der Waals surface area contributed by atoms with E-state index in [4.69, 9.17) is 4.74 Å². The number of carbonyl (C=O) groups is 4. The van der Waals surface area contributed by atoms with Gasteiger partial charge in [-0.3, -0.25) is 14.4 Å². The van der Waals surface area contributed by atoms with E-state index in [-0.39, 0.29) is 28.0 Å². The van der Waals surface area contributed by atoms with Crippen LogP contribution in [0.3, 0.4) is 0 Å². The Labute approximate surface area is 195 Å². The second-order valence-electron chi connectivity index (χ2n) is 7.86. The molecular formula is C29H18O5. The van der Waals surface area contributed by atoms with Gasteiger partial charge in [-0.2, -0.15) is 0 Å². The fraction of sp³-hybridized carbons (Fsp3) is 0.0345. The van der Waals surface area contributed by atoms with E-state index in [1.807, 2.05) is 0 Å². The van der Waals surface area contributed by atoms with Crippen molar-refractivity contribution >= 4 is 23.3 Å². The van der Waals surface area contributed by atoms with Gasteiger partial charge in [-0.05, 0) is 6.07 Å². The number of hydrogen-bond donors (Lipinski definition) is 0. The van der Waals surface area contributed by atoms with Gasteiger partial charge < -0.3 is 4.74 Å². The third-order valence-corrected chi connectivity index (χ3v) is 5.80. The number of benzene rings is 4. The quantitative estimate of drug-likeness (QED) is 0.272. The fourth-order valence-corrected chi connectivity index (χ4v) is 4.14. The maximum atomic E-state index is 13.4. The van der Waals surface area contributed by atoms with E-state index in [9.17, 15) is 19.2 Å². The fourth-order valence-electron chi connectivity index (χ4n) is 4.14. The van der Waals surface area contributed by atoms with E-state index in [1.165, 1.54) is 18.2 Å². The van der Waals surface area contributed by atoms with Gasteiger partial charge in [0.1, 0.15) is 0 Å². The molecule has 0 aromatic heterocycles. The van der Waals surface area contributed by atoms with Crippen molar-refractivity contribution < 1.29 is 23.9 Å². The van der Waals surface area contributed by atoms with Gasteiger partial charge in [0.2, 0.25) is 5.78 Å². The van der Waals surface area contributed by atoms with Gasteiger partial charge in [-0.1, -0.05) is 97.1 Å². The molecule has 0 bridgehead atoms. The first-order valence-corrected chi connectivity index (χ1v) is 10.7. The number of hydrogen-bond acceptors (Lipinski definition) is 5. The minimum Gasteiger partial charge on any atom is -0.445 e. The summed E-state index contributed by atoms with van der Waals surface area (Å²) in [4.78, 5) is 52.9. The van der Waals surface area contributed by atoms with Gasteiger partial charge in [0.25, 0.3) is 0 Å². The molecule has 1 aliphatic rings. The van der Waals surface area contributed by atoms with Crippen molar-refractivity contribution in [3.63, 3.8) is 0 Å².